The third kappa shape index (κ3) is 6.45. The van der Waals surface area contributed by atoms with Crippen molar-refractivity contribution in [1.29, 1.82) is 0 Å². The zero-order valence-corrected chi connectivity index (χ0v) is 21.1. The van der Waals surface area contributed by atoms with Gasteiger partial charge in [0.05, 0.1) is 14.2 Å². The number of hydrogen-bond acceptors (Lipinski definition) is 3. The number of hydrogen-bond donors (Lipinski definition) is 1. The molecule has 0 atom stereocenters. The van der Waals surface area contributed by atoms with E-state index in [1.54, 1.807) is 14.2 Å². The summed E-state index contributed by atoms with van der Waals surface area (Å²) in [5, 5.41) is 11.4. The van der Waals surface area contributed by atoms with Crippen LogP contribution in [0, 0.1) is 0 Å². The second kappa shape index (κ2) is 12.3. The van der Waals surface area contributed by atoms with Gasteiger partial charge in [0, 0.05) is 6.42 Å². The summed E-state index contributed by atoms with van der Waals surface area (Å²) in [6.07, 6.45) is 6.13. The van der Waals surface area contributed by atoms with Crippen LogP contribution in [0.15, 0.2) is 78.9 Å². The lowest BCUT2D eigenvalue weighted by molar-refractivity contribution is -0.136. The maximum absolute atomic E-state index is 10.9. The van der Waals surface area contributed by atoms with Crippen molar-refractivity contribution in [2.45, 2.75) is 44.9 Å². The van der Waals surface area contributed by atoms with Crippen LogP contribution in [0.3, 0.4) is 0 Å². The fraction of sp³-hybridized carbons (Fsp3) is 0.281. The number of carboxylic acids is 1. The third-order valence-electron chi connectivity index (χ3n) is 6.75. The van der Waals surface area contributed by atoms with Crippen molar-refractivity contribution in [2.75, 3.05) is 14.2 Å². The summed E-state index contributed by atoms with van der Waals surface area (Å²) in [7, 11) is 3.39. The van der Waals surface area contributed by atoms with Gasteiger partial charge in [0.25, 0.3) is 0 Å². The number of methoxy groups -OCH3 is 2. The summed E-state index contributed by atoms with van der Waals surface area (Å²) >= 11 is 0. The molecule has 0 aliphatic rings. The Hall–Kier alpha value is -3.79. The van der Waals surface area contributed by atoms with Crippen LogP contribution in [0.5, 0.6) is 11.5 Å². The molecule has 0 heterocycles. The average molecular weight is 483 g/mol. The Morgan fingerprint density at radius 1 is 0.722 bits per heavy atom. The molecule has 4 nitrogen and oxygen atoms in total. The van der Waals surface area contributed by atoms with E-state index in [9.17, 15) is 4.79 Å². The summed E-state index contributed by atoms with van der Waals surface area (Å²) in [5.41, 5.74) is 6.22. The van der Waals surface area contributed by atoms with Crippen LogP contribution in [0.2, 0.25) is 0 Å². The molecule has 0 unspecified atom stereocenters. The van der Waals surface area contributed by atoms with Gasteiger partial charge in [-0.25, -0.2) is 0 Å². The standard InChI is InChI=1S/C32H34O4/c1-35-27-15-12-25(13-16-27)29-18-14-26-22-28(36-2)17-19-30(26)31(29)10-5-3-4-7-23-8-6-9-24(21-23)11-20-32(33)34/h6,8-9,12-19,21-22H,3-5,7,10-11,20H2,1-2H3,(H,33,34). The third-order valence-corrected chi connectivity index (χ3v) is 6.75. The molecular formula is C32H34O4. The topological polar surface area (TPSA) is 55.8 Å². The fourth-order valence-electron chi connectivity index (χ4n) is 4.81. The maximum Gasteiger partial charge on any atom is 0.303 e. The van der Waals surface area contributed by atoms with Crippen molar-refractivity contribution in [3.8, 4) is 22.6 Å². The number of carbonyl (C=O) groups is 1. The molecule has 0 aromatic heterocycles. The summed E-state index contributed by atoms with van der Waals surface area (Å²) < 4.78 is 10.8. The van der Waals surface area contributed by atoms with Crippen LogP contribution in [-0.2, 0) is 24.1 Å². The Kier molecular flexibility index (Phi) is 8.62. The van der Waals surface area contributed by atoms with Gasteiger partial charge in [0.2, 0.25) is 0 Å². The van der Waals surface area contributed by atoms with E-state index in [1.165, 1.54) is 33.0 Å². The average Bonchev–Trinajstić information content (AvgIpc) is 2.91. The van der Waals surface area contributed by atoms with Crippen LogP contribution in [-0.4, -0.2) is 25.3 Å². The first-order valence-corrected chi connectivity index (χ1v) is 12.6. The Labute approximate surface area is 213 Å². The molecule has 4 rings (SSSR count). The molecule has 0 fully saturated rings. The Balaban J connectivity index is 1.46. The molecule has 0 bridgehead atoms. The molecule has 4 heteroatoms. The van der Waals surface area contributed by atoms with E-state index in [-0.39, 0.29) is 6.42 Å². The van der Waals surface area contributed by atoms with Crippen molar-refractivity contribution in [3.05, 3.63) is 95.6 Å². The Morgan fingerprint density at radius 3 is 2.14 bits per heavy atom. The zero-order valence-electron chi connectivity index (χ0n) is 21.1. The van der Waals surface area contributed by atoms with Crippen LogP contribution in [0.1, 0.15) is 42.4 Å². The maximum atomic E-state index is 10.9. The van der Waals surface area contributed by atoms with Gasteiger partial charge < -0.3 is 14.6 Å². The number of fused-ring (bicyclic) bond motifs is 1. The molecule has 4 aromatic rings. The first kappa shape index (κ1) is 25.3. The van der Waals surface area contributed by atoms with Gasteiger partial charge in [-0.05, 0) is 95.0 Å². The van der Waals surface area contributed by atoms with Crippen molar-refractivity contribution < 1.29 is 19.4 Å². The van der Waals surface area contributed by atoms with Gasteiger partial charge in [-0.3, -0.25) is 4.79 Å². The van der Waals surface area contributed by atoms with Crippen molar-refractivity contribution in [3.63, 3.8) is 0 Å². The smallest absolute Gasteiger partial charge is 0.303 e. The minimum absolute atomic E-state index is 0.177. The number of rotatable bonds is 12. The molecule has 36 heavy (non-hydrogen) atoms. The van der Waals surface area contributed by atoms with Gasteiger partial charge in [-0.2, -0.15) is 0 Å². The quantitative estimate of drug-likeness (QED) is 0.212. The van der Waals surface area contributed by atoms with E-state index in [0.29, 0.717) is 6.42 Å². The Morgan fingerprint density at radius 2 is 1.42 bits per heavy atom. The normalized spacial score (nSPS) is 10.9. The molecule has 0 saturated carbocycles. The molecule has 0 radical (unpaired) electrons. The lowest BCUT2D eigenvalue weighted by atomic mass is 9.90. The highest BCUT2D eigenvalue weighted by Gasteiger charge is 2.11. The molecule has 4 aromatic carbocycles. The van der Waals surface area contributed by atoms with E-state index in [4.69, 9.17) is 14.6 Å². The summed E-state index contributed by atoms with van der Waals surface area (Å²) in [6, 6.07) is 27.4. The second-order valence-electron chi connectivity index (χ2n) is 9.18. The van der Waals surface area contributed by atoms with Crippen molar-refractivity contribution in [1.82, 2.24) is 0 Å². The number of benzene rings is 4. The molecule has 0 saturated heterocycles. The lowest BCUT2D eigenvalue weighted by Gasteiger charge is -2.15. The second-order valence-corrected chi connectivity index (χ2v) is 9.18. The lowest BCUT2D eigenvalue weighted by Crippen LogP contribution is -1.98. The number of aliphatic carboxylic acids is 1. The molecule has 0 aliphatic carbocycles. The number of ether oxygens (including phenoxy) is 2. The van der Waals surface area contributed by atoms with Crippen LogP contribution < -0.4 is 9.47 Å². The van der Waals surface area contributed by atoms with E-state index in [1.807, 2.05) is 30.3 Å². The van der Waals surface area contributed by atoms with E-state index >= 15 is 0 Å². The van der Waals surface area contributed by atoms with Gasteiger partial charge in [-0.1, -0.05) is 61.0 Å². The highest BCUT2D eigenvalue weighted by atomic mass is 16.5. The molecule has 186 valence electrons. The highest BCUT2D eigenvalue weighted by molar-refractivity contribution is 5.92. The first-order valence-electron chi connectivity index (χ1n) is 12.6. The molecule has 0 aliphatic heterocycles. The van der Waals surface area contributed by atoms with E-state index in [0.717, 1.165) is 49.2 Å². The first-order chi connectivity index (χ1) is 17.6. The van der Waals surface area contributed by atoms with Gasteiger partial charge in [0.15, 0.2) is 0 Å². The molecule has 0 spiro atoms. The minimum atomic E-state index is -0.749. The number of carboxylic acid groups (broad SMARTS) is 1. The van der Waals surface area contributed by atoms with Gasteiger partial charge in [0.1, 0.15) is 11.5 Å². The predicted octanol–water partition coefficient (Wildman–Crippen LogP) is 7.50. The predicted molar refractivity (Wildman–Crippen MR) is 146 cm³/mol. The van der Waals surface area contributed by atoms with E-state index < -0.39 is 5.97 Å². The minimum Gasteiger partial charge on any atom is -0.497 e. The number of unbranched alkanes of at least 4 members (excludes halogenated alkanes) is 2. The van der Waals surface area contributed by atoms with Crippen LogP contribution >= 0.6 is 0 Å². The van der Waals surface area contributed by atoms with E-state index in [2.05, 4.69) is 48.5 Å². The monoisotopic (exact) mass is 482 g/mol. The fourth-order valence-corrected chi connectivity index (χ4v) is 4.81. The van der Waals surface area contributed by atoms with Gasteiger partial charge in [-0.15, -0.1) is 0 Å². The SMILES string of the molecule is COc1ccc(-c2ccc3cc(OC)ccc3c2CCCCCc2cccc(CCC(=O)O)c2)cc1. The van der Waals surface area contributed by atoms with Crippen molar-refractivity contribution >= 4 is 16.7 Å². The summed E-state index contributed by atoms with van der Waals surface area (Å²) in [4.78, 5) is 10.9. The highest BCUT2D eigenvalue weighted by Crippen LogP contribution is 2.34. The summed E-state index contributed by atoms with van der Waals surface area (Å²) in [6.45, 7) is 0. The van der Waals surface area contributed by atoms with Gasteiger partial charge >= 0.3 is 5.97 Å². The van der Waals surface area contributed by atoms with Crippen LogP contribution in [0.4, 0.5) is 0 Å². The largest absolute Gasteiger partial charge is 0.497 e. The molecule has 0 amide bonds. The number of aryl methyl sites for hydroxylation is 3. The zero-order chi connectivity index (χ0) is 25.3. The molecular weight excluding hydrogens is 448 g/mol. The van der Waals surface area contributed by atoms with Crippen LogP contribution in [0.25, 0.3) is 21.9 Å². The molecule has 1 N–H and O–H groups in total. The summed E-state index contributed by atoms with van der Waals surface area (Å²) in [5.74, 6) is 0.982. The Bertz CT molecular complexity index is 1310. The van der Waals surface area contributed by atoms with Crippen molar-refractivity contribution in [2.24, 2.45) is 0 Å².